The Morgan fingerprint density at radius 1 is 1.10 bits per heavy atom. The molecule has 0 N–H and O–H groups in total. The van der Waals surface area contributed by atoms with Gasteiger partial charge in [0.25, 0.3) is 5.56 Å². The van der Waals surface area contributed by atoms with Crippen molar-refractivity contribution in [2.45, 2.75) is 31.8 Å². The summed E-state index contributed by atoms with van der Waals surface area (Å²) in [7, 11) is 0. The van der Waals surface area contributed by atoms with E-state index in [9.17, 15) is 9.59 Å². The van der Waals surface area contributed by atoms with Gasteiger partial charge in [0.1, 0.15) is 0 Å². The van der Waals surface area contributed by atoms with Crippen LogP contribution in [0.3, 0.4) is 0 Å². The van der Waals surface area contributed by atoms with Crippen LogP contribution in [0.1, 0.15) is 24.5 Å². The number of carbonyl (C=O) groups excluding carboxylic acids is 1. The second-order valence-electron chi connectivity index (χ2n) is 7.98. The molecule has 0 saturated carbocycles. The van der Waals surface area contributed by atoms with Crippen molar-refractivity contribution < 1.29 is 4.79 Å². The van der Waals surface area contributed by atoms with Gasteiger partial charge in [-0.3, -0.25) is 19.3 Å². The van der Waals surface area contributed by atoms with Gasteiger partial charge in [-0.25, -0.2) is 0 Å². The number of aryl methyl sites for hydroxylation is 1. The van der Waals surface area contributed by atoms with Crippen LogP contribution in [0.15, 0.2) is 59.9 Å². The Hall–Kier alpha value is -3.22. The van der Waals surface area contributed by atoms with Crippen molar-refractivity contribution in [2.24, 2.45) is 5.92 Å². The van der Waals surface area contributed by atoms with Crippen LogP contribution in [0.25, 0.3) is 11.1 Å². The molecule has 0 aliphatic carbocycles. The number of amides is 1. The highest BCUT2D eigenvalue weighted by molar-refractivity contribution is 5.76. The summed E-state index contributed by atoms with van der Waals surface area (Å²) in [5.74, 6) is 0.687. The second-order valence-corrected chi connectivity index (χ2v) is 7.98. The molecular weight excluding hydrogens is 366 g/mol. The maximum absolute atomic E-state index is 12.8. The Bertz CT molecular complexity index is 1070. The minimum absolute atomic E-state index is 0.0366. The molecule has 2 aliphatic heterocycles. The lowest BCUT2D eigenvalue weighted by Crippen LogP contribution is -2.49. The molecule has 0 aromatic carbocycles. The van der Waals surface area contributed by atoms with Gasteiger partial charge in [0.15, 0.2) is 0 Å². The van der Waals surface area contributed by atoms with Crippen molar-refractivity contribution in [1.29, 1.82) is 0 Å². The third-order valence-corrected chi connectivity index (χ3v) is 6.02. The number of hydrogen-bond acceptors (Lipinski definition) is 4. The maximum atomic E-state index is 12.8. The SMILES string of the molecule is O=C(CCn1cccn1)N1C[C@@H]2C[C@H](C1)c1cc(-c3cccnc3)cc(=O)n1C2. The van der Waals surface area contributed by atoms with Crippen molar-refractivity contribution in [3.05, 3.63) is 71.2 Å². The molecule has 2 atom stereocenters. The van der Waals surface area contributed by atoms with E-state index in [0.29, 0.717) is 32.0 Å². The summed E-state index contributed by atoms with van der Waals surface area (Å²) in [6.07, 6.45) is 8.59. The zero-order valence-electron chi connectivity index (χ0n) is 16.1. The highest BCUT2D eigenvalue weighted by Gasteiger charge is 2.36. The van der Waals surface area contributed by atoms with Gasteiger partial charge in [-0.15, -0.1) is 0 Å². The Balaban J connectivity index is 1.38. The quantitative estimate of drug-likeness (QED) is 0.685. The van der Waals surface area contributed by atoms with Crippen molar-refractivity contribution in [3.8, 4) is 11.1 Å². The first-order chi connectivity index (χ1) is 14.2. The summed E-state index contributed by atoms with van der Waals surface area (Å²) in [6, 6.07) is 9.52. The average Bonchev–Trinajstić information content (AvgIpc) is 3.27. The molecule has 3 aromatic heterocycles. The summed E-state index contributed by atoms with van der Waals surface area (Å²) >= 11 is 0. The lowest BCUT2D eigenvalue weighted by molar-refractivity contribution is -0.134. The molecule has 1 saturated heterocycles. The fraction of sp³-hybridized carbons (Fsp3) is 0.364. The van der Waals surface area contributed by atoms with E-state index in [0.717, 1.165) is 29.8 Å². The van der Waals surface area contributed by atoms with Crippen LogP contribution in [0, 0.1) is 5.92 Å². The molecule has 5 rings (SSSR count). The Labute approximate surface area is 168 Å². The van der Waals surface area contributed by atoms with Gasteiger partial charge >= 0.3 is 0 Å². The molecule has 5 heterocycles. The predicted octanol–water partition coefficient (Wildman–Crippen LogP) is 2.14. The molecule has 3 aromatic rings. The third kappa shape index (κ3) is 3.48. The van der Waals surface area contributed by atoms with Crippen LogP contribution in [-0.2, 0) is 17.9 Å². The molecule has 1 amide bonds. The lowest BCUT2D eigenvalue weighted by Gasteiger charge is -2.43. The first kappa shape index (κ1) is 17.8. The molecule has 7 heteroatoms. The van der Waals surface area contributed by atoms with Crippen LogP contribution in [0.4, 0.5) is 0 Å². The van der Waals surface area contributed by atoms with E-state index >= 15 is 0 Å². The molecule has 2 bridgehead atoms. The van der Waals surface area contributed by atoms with E-state index in [2.05, 4.69) is 16.1 Å². The average molecular weight is 389 g/mol. The van der Waals surface area contributed by atoms with Crippen molar-refractivity contribution >= 4 is 5.91 Å². The molecule has 2 aliphatic rings. The standard InChI is InChI=1S/C22H23N5O2/c28-21(4-8-26-7-2-6-24-26)25-13-16-9-19(15-25)20-10-18(11-22(29)27(20)14-16)17-3-1-5-23-12-17/h1-3,5-7,10-12,16,19H,4,8-9,13-15H2/t16-,19+/m0/s1. The van der Waals surface area contributed by atoms with Gasteiger partial charge < -0.3 is 9.47 Å². The summed E-state index contributed by atoms with van der Waals surface area (Å²) in [5.41, 5.74) is 2.92. The topological polar surface area (TPSA) is 73.0 Å². The van der Waals surface area contributed by atoms with Crippen LogP contribution < -0.4 is 5.56 Å². The van der Waals surface area contributed by atoms with Gasteiger partial charge in [0.2, 0.25) is 5.91 Å². The number of hydrogen-bond donors (Lipinski definition) is 0. The van der Waals surface area contributed by atoms with Gasteiger partial charge in [0.05, 0.1) is 0 Å². The maximum Gasteiger partial charge on any atom is 0.251 e. The number of fused-ring (bicyclic) bond motifs is 4. The third-order valence-electron chi connectivity index (χ3n) is 6.02. The Kier molecular flexibility index (Phi) is 4.50. The first-order valence-electron chi connectivity index (χ1n) is 10.1. The molecule has 0 spiro atoms. The fourth-order valence-corrected chi connectivity index (χ4v) is 4.66. The van der Waals surface area contributed by atoms with E-state index in [-0.39, 0.29) is 17.4 Å². The predicted molar refractivity (Wildman–Crippen MR) is 108 cm³/mol. The van der Waals surface area contributed by atoms with Crippen molar-refractivity contribution in [1.82, 2.24) is 24.2 Å². The molecule has 7 nitrogen and oxygen atoms in total. The second kappa shape index (κ2) is 7.31. The summed E-state index contributed by atoms with van der Waals surface area (Å²) < 4.78 is 3.70. The number of likely N-dealkylation sites (tertiary alicyclic amines) is 1. The summed E-state index contributed by atoms with van der Waals surface area (Å²) in [5, 5.41) is 4.17. The number of rotatable bonds is 4. The molecule has 0 unspecified atom stereocenters. The van der Waals surface area contributed by atoms with Gasteiger partial charge in [-0.05, 0) is 36.1 Å². The largest absolute Gasteiger partial charge is 0.342 e. The monoisotopic (exact) mass is 389 g/mol. The van der Waals surface area contributed by atoms with E-state index in [1.165, 1.54) is 0 Å². The zero-order valence-corrected chi connectivity index (χ0v) is 16.1. The molecule has 1 fully saturated rings. The van der Waals surface area contributed by atoms with E-state index < -0.39 is 0 Å². The first-order valence-corrected chi connectivity index (χ1v) is 10.1. The normalized spacial score (nSPS) is 20.3. The van der Waals surface area contributed by atoms with Crippen LogP contribution in [0.2, 0.25) is 0 Å². The summed E-state index contributed by atoms with van der Waals surface area (Å²) in [6.45, 7) is 2.68. The summed E-state index contributed by atoms with van der Waals surface area (Å²) in [4.78, 5) is 31.7. The number of aromatic nitrogens is 4. The minimum Gasteiger partial charge on any atom is -0.342 e. The number of carbonyl (C=O) groups is 1. The van der Waals surface area contributed by atoms with Gasteiger partial charge in [-0.2, -0.15) is 5.10 Å². The highest BCUT2D eigenvalue weighted by atomic mass is 16.2. The van der Waals surface area contributed by atoms with E-state index in [4.69, 9.17) is 0 Å². The smallest absolute Gasteiger partial charge is 0.251 e. The van der Waals surface area contributed by atoms with Crippen LogP contribution in [-0.4, -0.2) is 43.2 Å². The van der Waals surface area contributed by atoms with E-state index in [1.807, 2.05) is 33.9 Å². The number of pyridine rings is 2. The fourth-order valence-electron chi connectivity index (χ4n) is 4.66. The molecule has 148 valence electrons. The van der Waals surface area contributed by atoms with Crippen molar-refractivity contribution in [2.75, 3.05) is 13.1 Å². The molecular formula is C22H23N5O2. The van der Waals surface area contributed by atoms with E-state index in [1.54, 1.807) is 29.3 Å². The van der Waals surface area contributed by atoms with Gasteiger partial charge in [-0.1, -0.05) is 6.07 Å². The number of nitrogens with zero attached hydrogens (tertiary/aromatic N) is 5. The van der Waals surface area contributed by atoms with Crippen LogP contribution >= 0.6 is 0 Å². The number of piperidine rings is 1. The molecule has 0 radical (unpaired) electrons. The zero-order chi connectivity index (χ0) is 19.8. The van der Waals surface area contributed by atoms with Gasteiger partial charge in [0, 0.05) is 80.6 Å². The van der Waals surface area contributed by atoms with Crippen molar-refractivity contribution in [3.63, 3.8) is 0 Å². The minimum atomic E-state index is 0.0366. The van der Waals surface area contributed by atoms with Crippen LogP contribution in [0.5, 0.6) is 0 Å². The Morgan fingerprint density at radius 2 is 2.03 bits per heavy atom. The Morgan fingerprint density at radius 3 is 2.83 bits per heavy atom. The molecule has 29 heavy (non-hydrogen) atoms. The lowest BCUT2D eigenvalue weighted by atomic mass is 9.82. The highest BCUT2D eigenvalue weighted by Crippen LogP contribution is 2.36.